The van der Waals surface area contributed by atoms with Crippen LogP contribution >= 0.6 is 23.4 Å². The number of amides is 1. The van der Waals surface area contributed by atoms with E-state index in [1.165, 1.54) is 14.2 Å². The molecule has 7 nitrogen and oxygen atoms in total. The van der Waals surface area contributed by atoms with Crippen LogP contribution in [-0.4, -0.2) is 40.5 Å². The summed E-state index contributed by atoms with van der Waals surface area (Å²) < 4.78 is 50.4. The first kappa shape index (κ1) is 21.1. The molecular weight excluding hydrogens is 433 g/mol. The molecule has 0 radical (unpaired) electrons. The van der Waals surface area contributed by atoms with Crippen LogP contribution in [0.1, 0.15) is 5.56 Å². The van der Waals surface area contributed by atoms with Crippen molar-refractivity contribution in [2.45, 2.75) is 11.3 Å². The van der Waals surface area contributed by atoms with Gasteiger partial charge in [-0.1, -0.05) is 23.4 Å². The summed E-state index contributed by atoms with van der Waals surface area (Å²) in [7, 11) is 2.96. The molecule has 1 aromatic carbocycles. The van der Waals surface area contributed by atoms with Crippen LogP contribution in [0.15, 0.2) is 35.6 Å². The maximum absolute atomic E-state index is 13.0. The molecule has 1 N–H and O–H groups in total. The van der Waals surface area contributed by atoms with Gasteiger partial charge < -0.3 is 14.8 Å². The highest BCUT2D eigenvalue weighted by molar-refractivity contribution is 7.99. The van der Waals surface area contributed by atoms with Crippen LogP contribution in [0.25, 0.3) is 5.65 Å². The number of alkyl halides is 3. The van der Waals surface area contributed by atoms with Crippen LogP contribution in [0.3, 0.4) is 0 Å². The highest BCUT2D eigenvalue weighted by atomic mass is 35.5. The molecule has 0 unspecified atom stereocenters. The number of nitrogens with zero attached hydrogens (tertiary/aromatic N) is 3. The van der Waals surface area contributed by atoms with Gasteiger partial charge in [-0.15, -0.1) is 10.2 Å². The lowest BCUT2D eigenvalue weighted by Gasteiger charge is -2.10. The molecule has 0 atom stereocenters. The van der Waals surface area contributed by atoms with Crippen molar-refractivity contribution in [3.63, 3.8) is 0 Å². The van der Waals surface area contributed by atoms with Crippen LogP contribution in [0.4, 0.5) is 18.9 Å². The van der Waals surface area contributed by atoms with Gasteiger partial charge in [0.2, 0.25) is 5.91 Å². The number of methoxy groups -OCH3 is 2. The lowest BCUT2D eigenvalue weighted by Crippen LogP contribution is -2.14. The number of fused-ring (bicyclic) bond motifs is 1. The Morgan fingerprint density at radius 1 is 1.21 bits per heavy atom. The zero-order valence-corrected chi connectivity index (χ0v) is 16.7. The van der Waals surface area contributed by atoms with Crippen molar-refractivity contribution in [3.05, 3.63) is 41.0 Å². The van der Waals surface area contributed by atoms with E-state index in [2.05, 4.69) is 15.5 Å². The number of benzene rings is 1. The van der Waals surface area contributed by atoms with Crippen LogP contribution in [0.2, 0.25) is 5.02 Å². The topological polar surface area (TPSA) is 77.8 Å². The number of nitrogens with one attached hydrogen (secondary N) is 1. The molecule has 0 aliphatic rings. The molecule has 3 rings (SSSR count). The predicted molar refractivity (Wildman–Crippen MR) is 102 cm³/mol. The highest BCUT2D eigenvalue weighted by Gasteiger charge is 2.32. The fourth-order valence-electron chi connectivity index (χ4n) is 2.43. The zero-order chi connectivity index (χ0) is 21.2. The second-order valence-corrected chi connectivity index (χ2v) is 7.01. The Balaban J connectivity index is 1.73. The number of thioether (sulfide) groups is 1. The van der Waals surface area contributed by atoms with Crippen molar-refractivity contribution in [1.82, 2.24) is 14.6 Å². The predicted octanol–water partition coefficient (Wildman–Crippen LogP) is 4.15. The Morgan fingerprint density at radius 3 is 2.59 bits per heavy atom. The van der Waals surface area contributed by atoms with Gasteiger partial charge in [-0.25, -0.2) is 0 Å². The summed E-state index contributed by atoms with van der Waals surface area (Å²) >= 11 is 6.80. The molecule has 0 aliphatic heterocycles. The third-order valence-electron chi connectivity index (χ3n) is 3.76. The van der Waals surface area contributed by atoms with Gasteiger partial charge >= 0.3 is 6.18 Å². The van der Waals surface area contributed by atoms with Crippen molar-refractivity contribution >= 4 is 40.6 Å². The van der Waals surface area contributed by atoms with E-state index in [9.17, 15) is 18.0 Å². The molecule has 0 spiro atoms. The minimum atomic E-state index is -4.57. The molecule has 0 saturated heterocycles. The van der Waals surface area contributed by atoms with Crippen LogP contribution < -0.4 is 14.8 Å². The van der Waals surface area contributed by atoms with E-state index in [4.69, 9.17) is 21.1 Å². The van der Waals surface area contributed by atoms with Gasteiger partial charge in [0.1, 0.15) is 0 Å². The Kier molecular flexibility index (Phi) is 6.08. The molecule has 0 bridgehead atoms. The van der Waals surface area contributed by atoms with Crippen molar-refractivity contribution in [2.24, 2.45) is 0 Å². The summed E-state index contributed by atoms with van der Waals surface area (Å²) in [6, 6.07) is 5.63. The largest absolute Gasteiger partial charge is 0.493 e. The zero-order valence-electron chi connectivity index (χ0n) is 15.1. The second kappa shape index (κ2) is 8.37. The minimum Gasteiger partial charge on any atom is -0.493 e. The average Bonchev–Trinajstić information content (AvgIpc) is 3.09. The summed E-state index contributed by atoms with van der Waals surface area (Å²) in [5.74, 6) is 0.447. The summed E-state index contributed by atoms with van der Waals surface area (Å²) in [6.45, 7) is 0. The summed E-state index contributed by atoms with van der Waals surface area (Å²) in [5.41, 5.74) is -0.393. The number of anilines is 1. The van der Waals surface area contributed by atoms with Gasteiger partial charge in [0.15, 0.2) is 22.3 Å². The van der Waals surface area contributed by atoms with Gasteiger partial charge in [0.05, 0.1) is 30.6 Å². The van der Waals surface area contributed by atoms with E-state index in [-0.39, 0.29) is 21.6 Å². The molecule has 29 heavy (non-hydrogen) atoms. The van der Waals surface area contributed by atoms with Crippen LogP contribution in [-0.2, 0) is 11.0 Å². The van der Waals surface area contributed by atoms with Crippen molar-refractivity contribution in [3.8, 4) is 11.5 Å². The Hall–Kier alpha value is -2.66. The van der Waals surface area contributed by atoms with Crippen molar-refractivity contribution in [2.75, 3.05) is 25.3 Å². The number of halogens is 4. The van der Waals surface area contributed by atoms with E-state index >= 15 is 0 Å². The number of rotatable bonds is 6. The second-order valence-electron chi connectivity index (χ2n) is 5.66. The standard InChI is InChI=1S/C17H14ClF3N4O3S/c1-27-12-4-3-10(6-13(12)28-2)22-14(26)8-29-16-24-23-15-11(18)5-9(7-25(15)16)17(19,20)21/h3-7H,8H2,1-2H3,(H,22,26). The maximum Gasteiger partial charge on any atom is 0.417 e. The van der Waals surface area contributed by atoms with Gasteiger partial charge in [-0.2, -0.15) is 13.2 Å². The molecule has 0 aliphatic carbocycles. The van der Waals surface area contributed by atoms with Gasteiger partial charge in [-0.3, -0.25) is 9.20 Å². The van der Waals surface area contributed by atoms with Gasteiger partial charge in [-0.05, 0) is 18.2 Å². The Morgan fingerprint density at radius 2 is 1.93 bits per heavy atom. The Bertz CT molecular complexity index is 1060. The molecular formula is C17H14ClF3N4O3S. The maximum atomic E-state index is 13.0. The molecule has 3 aromatic rings. The van der Waals surface area contributed by atoms with E-state index < -0.39 is 17.6 Å². The van der Waals surface area contributed by atoms with Gasteiger partial charge in [0, 0.05) is 18.0 Å². The molecule has 2 aromatic heterocycles. The first-order chi connectivity index (χ1) is 13.7. The molecule has 0 saturated carbocycles. The lowest BCUT2D eigenvalue weighted by molar-refractivity contribution is -0.137. The lowest BCUT2D eigenvalue weighted by atomic mass is 10.2. The number of aromatic nitrogens is 3. The number of carbonyl (C=O) groups excluding carboxylic acids is 1. The van der Waals surface area contributed by atoms with Gasteiger partial charge in [0.25, 0.3) is 0 Å². The SMILES string of the molecule is COc1ccc(NC(=O)CSc2nnc3c(Cl)cc(C(F)(F)F)cn23)cc1OC. The summed E-state index contributed by atoms with van der Waals surface area (Å²) in [5, 5.41) is 10.2. The quantitative estimate of drug-likeness (QED) is 0.573. The first-order valence-electron chi connectivity index (χ1n) is 7.99. The smallest absolute Gasteiger partial charge is 0.417 e. The van der Waals surface area contributed by atoms with Crippen molar-refractivity contribution in [1.29, 1.82) is 0 Å². The molecule has 0 fully saturated rings. The number of hydrogen-bond donors (Lipinski definition) is 1. The van der Waals surface area contributed by atoms with E-state index in [0.717, 1.165) is 28.4 Å². The van der Waals surface area contributed by atoms with E-state index in [1.807, 2.05) is 0 Å². The normalized spacial score (nSPS) is 11.5. The average molecular weight is 447 g/mol. The minimum absolute atomic E-state index is 0.0717. The molecule has 2 heterocycles. The monoisotopic (exact) mass is 446 g/mol. The molecule has 154 valence electrons. The fourth-order valence-corrected chi connectivity index (χ4v) is 3.38. The molecule has 12 heteroatoms. The molecule has 1 amide bonds. The summed E-state index contributed by atoms with van der Waals surface area (Å²) in [6.07, 6.45) is -3.73. The third-order valence-corrected chi connectivity index (χ3v) is 4.98. The number of carbonyl (C=O) groups is 1. The number of pyridine rings is 1. The van der Waals surface area contributed by atoms with Crippen molar-refractivity contribution < 1.29 is 27.4 Å². The number of ether oxygens (including phenoxy) is 2. The van der Waals surface area contributed by atoms with Crippen LogP contribution in [0, 0.1) is 0 Å². The third kappa shape index (κ3) is 4.67. The fraction of sp³-hybridized carbons (Fsp3) is 0.235. The first-order valence-corrected chi connectivity index (χ1v) is 9.35. The number of hydrogen-bond acceptors (Lipinski definition) is 6. The van der Waals surface area contributed by atoms with E-state index in [1.54, 1.807) is 18.2 Å². The summed E-state index contributed by atoms with van der Waals surface area (Å²) in [4.78, 5) is 12.2. The van der Waals surface area contributed by atoms with Crippen LogP contribution in [0.5, 0.6) is 11.5 Å². The van der Waals surface area contributed by atoms with E-state index in [0.29, 0.717) is 17.2 Å². The highest BCUT2D eigenvalue weighted by Crippen LogP contribution is 2.33. The Labute approximate surface area is 172 Å².